The number of rotatable bonds is 16. The third kappa shape index (κ3) is 11.1. The molecular formula is C25H37NO3. The fourth-order valence-corrected chi connectivity index (χ4v) is 3.23. The average molecular weight is 400 g/mol. The van der Waals surface area contributed by atoms with Gasteiger partial charge in [-0.2, -0.15) is 0 Å². The molecule has 1 atom stereocenters. The molecule has 160 valence electrons. The zero-order chi connectivity index (χ0) is 20.6. The zero-order valence-corrected chi connectivity index (χ0v) is 18.1. The SMILES string of the molecule is CCOC(C)CCOCCOCCCN(Cc1ccccc1)Cc1ccccc1. The predicted molar refractivity (Wildman–Crippen MR) is 119 cm³/mol. The lowest BCUT2D eigenvalue weighted by molar-refractivity contribution is 0.0147. The molecule has 4 heteroatoms. The third-order valence-corrected chi connectivity index (χ3v) is 4.75. The van der Waals surface area contributed by atoms with Crippen LogP contribution >= 0.6 is 0 Å². The van der Waals surface area contributed by atoms with Crippen molar-refractivity contribution < 1.29 is 14.2 Å². The topological polar surface area (TPSA) is 30.9 Å². The molecule has 0 heterocycles. The largest absolute Gasteiger partial charge is 0.379 e. The van der Waals surface area contributed by atoms with Gasteiger partial charge in [0.05, 0.1) is 19.3 Å². The highest BCUT2D eigenvalue weighted by Gasteiger charge is 2.07. The normalized spacial score (nSPS) is 12.4. The van der Waals surface area contributed by atoms with E-state index >= 15 is 0 Å². The Morgan fingerprint density at radius 1 is 0.759 bits per heavy atom. The van der Waals surface area contributed by atoms with Crippen LogP contribution in [0.15, 0.2) is 60.7 Å². The molecule has 0 spiro atoms. The monoisotopic (exact) mass is 399 g/mol. The average Bonchev–Trinajstić information content (AvgIpc) is 2.74. The van der Waals surface area contributed by atoms with Crippen molar-refractivity contribution in [3.8, 4) is 0 Å². The minimum absolute atomic E-state index is 0.265. The Kier molecular flexibility index (Phi) is 12.3. The molecule has 0 aromatic heterocycles. The summed E-state index contributed by atoms with van der Waals surface area (Å²) in [5, 5.41) is 0. The van der Waals surface area contributed by atoms with E-state index in [2.05, 4.69) is 72.5 Å². The second-order valence-electron chi connectivity index (χ2n) is 7.31. The molecule has 0 radical (unpaired) electrons. The number of benzene rings is 2. The number of hydrogen-bond acceptors (Lipinski definition) is 4. The molecular weight excluding hydrogens is 362 g/mol. The lowest BCUT2D eigenvalue weighted by atomic mass is 10.1. The highest BCUT2D eigenvalue weighted by Crippen LogP contribution is 2.10. The molecule has 0 aliphatic heterocycles. The standard InChI is InChI=1S/C25H37NO3/c1-3-29-23(2)15-18-28-20-19-27-17-10-16-26(21-24-11-6-4-7-12-24)22-25-13-8-5-9-14-25/h4-9,11-14,23H,3,10,15-22H2,1-2H3. The second-order valence-corrected chi connectivity index (χ2v) is 7.31. The van der Waals surface area contributed by atoms with Gasteiger partial charge in [-0.05, 0) is 37.8 Å². The molecule has 0 saturated carbocycles. The molecule has 0 fully saturated rings. The van der Waals surface area contributed by atoms with Crippen molar-refractivity contribution in [2.75, 3.05) is 39.6 Å². The van der Waals surface area contributed by atoms with Gasteiger partial charge in [-0.25, -0.2) is 0 Å². The Bertz CT molecular complexity index is 579. The molecule has 0 saturated heterocycles. The second kappa shape index (κ2) is 15.2. The molecule has 0 aliphatic rings. The van der Waals surface area contributed by atoms with Crippen LogP contribution in [-0.2, 0) is 27.3 Å². The van der Waals surface area contributed by atoms with Gasteiger partial charge in [0.15, 0.2) is 0 Å². The van der Waals surface area contributed by atoms with Gasteiger partial charge in [0.25, 0.3) is 0 Å². The van der Waals surface area contributed by atoms with Gasteiger partial charge in [-0.3, -0.25) is 4.90 Å². The maximum absolute atomic E-state index is 5.76. The van der Waals surface area contributed by atoms with E-state index in [9.17, 15) is 0 Å². The van der Waals surface area contributed by atoms with E-state index in [4.69, 9.17) is 14.2 Å². The fourth-order valence-electron chi connectivity index (χ4n) is 3.23. The Balaban J connectivity index is 1.62. The van der Waals surface area contributed by atoms with Gasteiger partial charge in [-0.1, -0.05) is 60.7 Å². The van der Waals surface area contributed by atoms with E-state index in [0.717, 1.165) is 52.3 Å². The van der Waals surface area contributed by atoms with Crippen LogP contribution in [0.4, 0.5) is 0 Å². The van der Waals surface area contributed by atoms with Gasteiger partial charge < -0.3 is 14.2 Å². The maximum atomic E-state index is 5.76. The van der Waals surface area contributed by atoms with Crippen LogP contribution in [-0.4, -0.2) is 50.6 Å². The lowest BCUT2D eigenvalue weighted by Crippen LogP contribution is -2.25. The summed E-state index contributed by atoms with van der Waals surface area (Å²) in [5.41, 5.74) is 2.69. The predicted octanol–water partition coefficient (Wildman–Crippen LogP) is 4.93. The van der Waals surface area contributed by atoms with E-state index in [1.54, 1.807) is 0 Å². The Morgan fingerprint density at radius 2 is 1.31 bits per heavy atom. The third-order valence-electron chi connectivity index (χ3n) is 4.75. The van der Waals surface area contributed by atoms with Gasteiger partial charge in [0.2, 0.25) is 0 Å². The van der Waals surface area contributed by atoms with Gasteiger partial charge in [0, 0.05) is 39.5 Å². The summed E-state index contributed by atoms with van der Waals surface area (Å²) in [6.07, 6.45) is 2.21. The van der Waals surface area contributed by atoms with Crippen LogP contribution in [0.25, 0.3) is 0 Å². The molecule has 1 unspecified atom stereocenters. The smallest absolute Gasteiger partial charge is 0.0700 e. The van der Waals surface area contributed by atoms with E-state index in [1.807, 2.05) is 6.92 Å². The summed E-state index contributed by atoms with van der Waals surface area (Å²) in [5.74, 6) is 0. The van der Waals surface area contributed by atoms with Crippen molar-refractivity contribution in [1.82, 2.24) is 4.90 Å². The van der Waals surface area contributed by atoms with E-state index in [0.29, 0.717) is 13.2 Å². The highest BCUT2D eigenvalue weighted by atomic mass is 16.5. The summed E-state index contributed by atoms with van der Waals surface area (Å²) >= 11 is 0. The summed E-state index contributed by atoms with van der Waals surface area (Å²) in [4.78, 5) is 2.49. The molecule has 2 rings (SSSR count). The molecule has 29 heavy (non-hydrogen) atoms. The van der Waals surface area contributed by atoms with Crippen LogP contribution < -0.4 is 0 Å². The van der Waals surface area contributed by atoms with Crippen LogP contribution in [0.5, 0.6) is 0 Å². The van der Waals surface area contributed by atoms with Gasteiger partial charge in [0.1, 0.15) is 0 Å². The van der Waals surface area contributed by atoms with E-state index < -0.39 is 0 Å². The van der Waals surface area contributed by atoms with Crippen molar-refractivity contribution >= 4 is 0 Å². The van der Waals surface area contributed by atoms with E-state index in [1.165, 1.54) is 11.1 Å². The van der Waals surface area contributed by atoms with Crippen molar-refractivity contribution in [2.24, 2.45) is 0 Å². The Morgan fingerprint density at radius 3 is 1.86 bits per heavy atom. The minimum Gasteiger partial charge on any atom is -0.379 e. The van der Waals surface area contributed by atoms with Crippen LogP contribution in [0, 0.1) is 0 Å². The van der Waals surface area contributed by atoms with Crippen molar-refractivity contribution in [3.63, 3.8) is 0 Å². The summed E-state index contributed by atoms with van der Waals surface area (Å²) in [7, 11) is 0. The minimum atomic E-state index is 0.265. The molecule has 2 aromatic carbocycles. The molecule has 0 N–H and O–H groups in total. The molecule has 0 aliphatic carbocycles. The Hall–Kier alpha value is -1.72. The molecule has 2 aromatic rings. The first-order chi connectivity index (χ1) is 14.3. The zero-order valence-electron chi connectivity index (χ0n) is 18.1. The summed E-state index contributed by atoms with van der Waals surface area (Å²) in [6, 6.07) is 21.3. The summed E-state index contributed by atoms with van der Waals surface area (Å²) in [6.45, 7) is 10.6. The fraction of sp³-hybridized carbons (Fsp3) is 0.520. The van der Waals surface area contributed by atoms with Crippen molar-refractivity contribution in [2.45, 2.75) is 45.9 Å². The van der Waals surface area contributed by atoms with Crippen LogP contribution in [0.2, 0.25) is 0 Å². The van der Waals surface area contributed by atoms with Gasteiger partial charge >= 0.3 is 0 Å². The van der Waals surface area contributed by atoms with Crippen LogP contribution in [0.1, 0.15) is 37.8 Å². The first-order valence-corrected chi connectivity index (χ1v) is 10.8. The van der Waals surface area contributed by atoms with Crippen molar-refractivity contribution in [3.05, 3.63) is 71.8 Å². The van der Waals surface area contributed by atoms with Crippen LogP contribution in [0.3, 0.4) is 0 Å². The molecule has 0 amide bonds. The summed E-state index contributed by atoms with van der Waals surface area (Å²) < 4.78 is 16.9. The highest BCUT2D eigenvalue weighted by molar-refractivity contribution is 5.17. The van der Waals surface area contributed by atoms with Gasteiger partial charge in [-0.15, -0.1) is 0 Å². The molecule has 0 bridgehead atoms. The Labute approximate surface area is 176 Å². The first kappa shape index (κ1) is 23.6. The number of hydrogen-bond donors (Lipinski definition) is 0. The van der Waals surface area contributed by atoms with Crippen molar-refractivity contribution in [1.29, 1.82) is 0 Å². The molecule has 4 nitrogen and oxygen atoms in total. The quantitative estimate of drug-likeness (QED) is 0.375. The van der Waals surface area contributed by atoms with E-state index in [-0.39, 0.29) is 6.10 Å². The lowest BCUT2D eigenvalue weighted by Gasteiger charge is -2.22. The number of ether oxygens (including phenoxy) is 3. The first-order valence-electron chi connectivity index (χ1n) is 10.8. The maximum Gasteiger partial charge on any atom is 0.0700 e. The number of nitrogens with zero attached hydrogens (tertiary/aromatic N) is 1.